The van der Waals surface area contributed by atoms with Crippen molar-refractivity contribution in [3.8, 4) is 0 Å². The Hall–Kier alpha value is -1.42. The summed E-state index contributed by atoms with van der Waals surface area (Å²) in [6.45, 7) is 3.08. The van der Waals surface area contributed by atoms with Crippen LogP contribution in [0.25, 0.3) is 0 Å². The molecule has 1 saturated heterocycles. The van der Waals surface area contributed by atoms with E-state index >= 15 is 0 Å². The van der Waals surface area contributed by atoms with Crippen molar-refractivity contribution in [2.45, 2.75) is 25.8 Å². The van der Waals surface area contributed by atoms with Gasteiger partial charge >= 0.3 is 0 Å². The summed E-state index contributed by atoms with van der Waals surface area (Å²) in [4.78, 5) is 14.0. The summed E-state index contributed by atoms with van der Waals surface area (Å²) in [5.74, 6) is -0.355. The van der Waals surface area contributed by atoms with Crippen molar-refractivity contribution >= 4 is 5.91 Å². The van der Waals surface area contributed by atoms with Gasteiger partial charge in [-0.2, -0.15) is 0 Å². The maximum atomic E-state index is 13.0. The van der Waals surface area contributed by atoms with Crippen LogP contribution in [0.5, 0.6) is 0 Å². The number of amides is 1. The lowest BCUT2D eigenvalue weighted by molar-refractivity contribution is 0.0708. The molecule has 1 atom stereocenters. The summed E-state index contributed by atoms with van der Waals surface area (Å²) < 4.78 is 13.0. The van der Waals surface area contributed by atoms with Crippen molar-refractivity contribution in [2.75, 3.05) is 13.1 Å². The highest BCUT2D eigenvalue weighted by molar-refractivity contribution is 5.95. The minimum absolute atomic E-state index is 0.0438. The molecule has 1 amide bonds. The average Bonchev–Trinajstić information content (AvgIpc) is 2.28. The molecule has 1 fully saturated rings. The predicted octanol–water partition coefficient (Wildman–Crippen LogP) is 1.70. The molecule has 0 spiro atoms. The van der Waals surface area contributed by atoms with Crippen LogP contribution >= 0.6 is 0 Å². The smallest absolute Gasteiger partial charge is 0.254 e. The van der Waals surface area contributed by atoms with Gasteiger partial charge in [0.25, 0.3) is 5.91 Å². The van der Waals surface area contributed by atoms with E-state index in [-0.39, 0.29) is 17.8 Å². The number of carbonyl (C=O) groups excluding carboxylic acids is 1. The number of piperidine rings is 1. The van der Waals surface area contributed by atoms with Gasteiger partial charge in [0.05, 0.1) is 0 Å². The molecule has 1 aromatic rings. The van der Waals surface area contributed by atoms with Gasteiger partial charge in [0, 0.05) is 24.7 Å². The molecule has 1 aromatic carbocycles. The zero-order valence-electron chi connectivity index (χ0n) is 9.95. The first-order chi connectivity index (χ1) is 8.08. The summed E-state index contributed by atoms with van der Waals surface area (Å²) in [5, 5.41) is 0. The number of hydrogen-bond donors (Lipinski definition) is 1. The molecule has 1 aliphatic rings. The van der Waals surface area contributed by atoms with E-state index in [2.05, 4.69) is 0 Å². The standard InChI is InChI=1S/C13H17FN2O/c1-9-7-10(14)4-5-12(9)13(17)16-6-2-3-11(15)8-16/h4-5,7,11H,2-3,6,8,15H2,1H3. The molecule has 1 unspecified atom stereocenters. The van der Waals surface area contributed by atoms with Gasteiger partial charge in [-0.15, -0.1) is 0 Å². The number of aryl methyl sites for hydroxylation is 1. The van der Waals surface area contributed by atoms with Crippen LogP contribution in [0.4, 0.5) is 4.39 Å². The molecule has 0 aliphatic carbocycles. The summed E-state index contributed by atoms with van der Waals surface area (Å²) >= 11 is 0. The van der Waals surface area contributed by atoms with E-state index in [1.807, 2.05) is 0 Å². The summed E-state index contributed by atoms with van der Waals surface area (Å²) in [6, 6.07) is 4.32. The minimum atomic E-state index is -0.311. The zero-order valence-corrected chi connectivity index (χ0v) is 9.95. The Morgan fingerprint density at radius 1 is 1.53 bits per heavy atom. The van der Waals surface area contributed by atoms with Crippen LogP contribution in [-0.2, 0) is 0 Å². The van der Waals surface area contributed by atoms with Gasteiger partial charge < -0.3 is 10.6 Å². The molecule has 2 N–H and O–H groups in total. The molecular formula is C13H17FN2O. The van der Waals surface area contributed by atoms with E-state index in [0.717, 1.165) is 19.4 Å². The molecule has 17 heavy (non-hydrogen) atoms. The molecular weight excluding hydrogens is 219 g/mol. The van der Waals surface area contributed by atoms with Crippen molar-refractivity contribution in [2.24, 2.45) is 5.73 Å². The number of benzene rings is 1. The van der Waals surface area contributed by atoms with E-state index in [1.165, 1.54) is 12.1 Å². The first kappa shape index (κ1) is 12.0. The number of nitrogens with zero attached hydrogens (tertiary/aromatic N) is 1. The van der Waals surface area contributed by atoms with Crippen molar-refractivity contribution in [3.63, 3.8) is 0 Å². The molecule has 1 aliphatic heterocycles. The minimum Gasteiger partial charge on any atom is -0.337 e. The number of hydrogen-bond acceptors (Lipinski definition) is 2. The number of rotatable bonds is 1. The molecule has 4 heteroatoms. The van der Waals surface area contributed by atoms with Crippen LogP contribution in [0, 0.1) is 12.7 Å². The van der Waals surface area contributed by atoms with Crippen LogP contribution in [0.15, 0.2) is 18.2 Å². The second-order valence-electron chi connectivity index (χ2n) is 4.61. The Morgan fingerprint density at radius 3 is 2.94 bits per heavy atom. The molecule has 1 heterocycles. The Morgan fingerprint density at radius 2 is 2.29 bits per heavy atom. The van der Waals surface area contributed by atoms with Crippen molar-refractivity contribution in [1.29, 1.82) is 0 Å². The molecule has 0 aromatic heterocycles. The van der Waals surface area contributed by atoms with Crippen LogP contribution in [-0.4, -0.2) is 29.9 Å². The second kappa shape index (κ2) is 4.84. The molecule has 0 saturated carbocycles. The SMILES string of the molecule is Cc1cc(F)ccc1C(=O)N1CCCC(N)C1. The Labute approximate surface area is 100 Å². The zero-order chi connectivity index (χ0) is 12.4. The maximum absolute atomic E-state index is 13.0. The van der Waals surface area contributed by atoms with Gasteiger partial charge in [0.15, 0.2) is 0 Å². The number of carbonyl (C=O) groups is 1. The fraction of sp³-hybridized carbons (Fsp3) is 0.462. The monoisotopic (exact) mass is 236 g/mol. The third kappa shape index (κ3) is 2.64. The summed E-state index contributed by atoms with van der Waals surface area (Å²) in [5.41, 5.74) is 7.09. The first-order valence-corrected chi connectivity index (χ1v) is 5.89. The number of likely N-dealkylation sites (tertiary alicyclic amines) is 1. The predicted molar refractivity (Wildman–Crippen MR) is 64.2 cm³/mol. The van der Waals surface area contributed by atoms with Gasteiger partial charge in [-0.25, -0.2) is 4.39 Å². The molecule has 0 radical (unpaired) electrons. The normalized spacial score (nSPS) is 20.4. The van der Waals surface area contributed by atoms with Crippen LogP contribution < -0.4 is 5.73 Å². The molecule has 3 nitrogen and oxygen atoms in total. The summed E-state index contributed by atoms with van der Waals surface area (Å²) in [6.07, 6.45) is 1.90. The number of halogens is 1. The van der Waals surface area contributed by atoms with Crippen molar-refractivity contribution in [3.05, 3.63) is 35.1 Å². The van der Waals surface area contributed by atoms with E-state index in [0.29, 0.717) is 17.7 Å². The van der Waals surface area contributed by atoms with Crippen LogP contribution in [0.1, 0.15) is 28.8 Å². The largest absolute Gasteiger partial charge is 0.337 e. The number of nitrogens with two attached hydrogens (primary N) is 1. The van der Waals surface area contributed by atoms with E-state index < -0.39 is 0 Å². The lowest BCUT2D eigenvalue weighted by Gasteiger charge is -2.31. The van der Waals surface area contributed by atoms with Gasteiger partial charge in [-0.1, -0.05) is 0 Å². The van der Waals surface area contributed by atoms with Crippen LogP contribution in [0.3, 0.4) is 0 Å². The van der Waals surface area contributed by atoms with Crippen molar-refractivity contribution in [1.82, 2.24) is 4.90 Å². The van der Waals surface area contributed by atoms with Gasteiger partial charge in [0.1, 0.15) is 5.82 Å². The highest BCUT2D eigenvalue weighted by Gasteiger charge is 2.23. The molecule has 0 bridgehead atoms. The quantitative estimate of drug-likeness (QED) is 0.806. The third-order valence-corrected chi connectivity index (χ3v) is 3.16. The first-order valence-electron chi connectivity index (χ1n) is 5.89. The van der Waals surface area contributed by atoms with Gasteiger partial charge in [-0.05, 0) is 43.5 Å². The van der Waals surface area contributed by atoms with Crippen molar-refractivity contribution < 1.29 is 9.18 Å². The Bertz CT molecular complexity index is 433. The van der Waals surface area contributed by atoms with E-state index in [4.69, 9.17) is 5.73 Å². The summed E-state index contributed by atoms with van der Waals surface area (Å²) in [7, 11) is 0. The van der Waals surface area contributed by atoms with Crippen LogP contribution in [0.2, 0.25) is 0 Å². The highest BCUT2D eigenvalue weighted by atomic mass is 19.1. The lowest BCUT2D eigenvalue weighted by Crippen LogP contribution is -2.45. The fourth-order valence-corrected chi connectivity index (χ4v) is 2.23. The van der Waals surface area contributed by atoms with E-state index in [9.17, 15) is 9.18 Å². The maximum Gasteiger partial charge on any atom is 0.254 e. The fourth-order valence-electron chi connectivity index (χ4n) is 2.23. The average molecular weight is 236 g/mol. The van der Waals surface area contributed by atoms with E-state index in [1.54, 1.807) is 17.9 Å². The van der Waals surface area contributed by atoms with Gasteiger partial charge in [-0.3, -0.25) is 4.79 Å². The molecule has 92 valence electrons. The third-order valence-electron chi connectivity index (χ3n) is 3.16. The Kier molecular flexibility index (Phi) is 3.43. The Balaban J connectivity index is 2.18. The topological polar surface area (TPSA) is 46.3 Å². The second-order valence-corrected chi connectivity index (χ2v) is 4.61. The van der Waals surface area contributed by atoms with Gasteiger partial charge in [0.2, 0.25) is 0 Å². The lowest BCUT2D eigenvalue weighted by atomic mass is 10.0. The molecule has 2 rings (SSSR count). The highest BCUT2D eigenvalue weighted by Crippen LogP contribution is 2.16.